The Balaban J connectivity index is 1.75. The van der Waals surface area contributed by atoms with Gasteiger partial charge in [0.1, 0.15) is 10.6 Å². The fourth-order valence-electron chi connectivity index (χ4n) is 4.89. The van der Waals surface area contributed by atoms with Gasteiger partial charge in [-0.15, -0.1) is 0 Å². The average Bonchev–Trinajstić information content (AvgIpc) is 2.83. The van der Waals surface area contributed by atoms with Gasteiger partial charge >= 0.3 is 5.63 Å². The van der Waals surface area contributed by atoms with Crippen LogP contribution in [0.25, 0.3) is 11.0 Å². The predicted molar refractivity (Wildman–Crippen MR) is 132 cm³/mol. The van der Waals surface area contributed by atoms with Crippen LogP contribution in [-0.2, 0) is 5.41 Å². The number of hydrogen-bond acceptors (Lipinski definition) is 5. The second-order valence-corrected chi connectivity index (χ2v) is 10.5. The first-order chi connectivity index (χ1) is 14.8. The van der Waals surface area contributed by atoms with Crippen LogP contribution in [0, 0.1) is 0 Å². The highest BCUT2D eigenvalue weighted by molar-refractivity contribution is 8.17. The van der Waals surface area contributed by atoms with Crippen molar-refractivity contribution in [3.05, 3.63) is 75.0 Å². The van der Waals surface area contributed by atoms with E-state index in [2.05, 4.69) is 43.3 Å². The van der Waals surface area contributed by atoms with Gasteiger partial charge in [0, 0.05) is 34.6 Å². The zero-order valence-electron chi connectivity index (χ0n) is 18.4. The second-order valence-electron chi connectivity index (χ2n) is 9.36. The molecule has 1 aromatic heterocycles. The smallest absolute Gasteiger partial charge is 0.346 e. The summed E-state index contributed by atoms with van der Waals surface area (Å²) in [5.74, 6) is 0.364. The molecule has 4 nitrogen and oxygen atoms in total. The summed E-state index contributed by atoms with van der Waals surface area (Å²) in [4.78, 5) is 21.1. The number of allylic oxidation sites excluding steroid dienone is 3. The molecule has 0 N–H and O–H groups in total. The Hall–Kier alpha value is -2.53. The first kappa shape index (κ1) is 20.4. The Labute approximate surface area is 187 Å². The first-order valence-electron chi connectivity index (χ1n) is 11.0. The van der Waals surface area contributed by atoms with Crippen molar-refractivity contribution in [1.29, 1.82) is 0 Å². The highest BCUT2D eigenvalue weighted by atomic mass is 32.2. The minimum absolute atomic E-state index is 0.0937. The summed E-state index contributed by atoms with van der Waals surface area (Å²) in [6, 6.07) is 4.23. The number of nitrogens with zero attached hydrogens (tertiary/aromatic N) is 2. The van der Waals surface area contributed by atoms with Crippen molar-refractivity contribution < 1.29 is 4.42 Å². The van der Waals surface area contributed by atoms with Crippen LogP contribution in [0.4, 0.5) is 5.69 Å². The van der Waals surface area contributed by atoms with Crippen LogP contribution in [0.1, 0.15) is 56.2 Å². The van der Waals surface area contributed by atoms with E-state index in [0.717, 1.165) is 41.8 Å². The molecule has 160 valence electrons. The summed E-state index contributed by atoms with van der Waals surface area (Å²) >= 11 is 1.42. The van der Waals surface area contributed by atoms with Gasteiger partial charge < -0.3 is 9.32 Å². The van der Waals surface area contributed by atoms with Crippen molar-refractivity contribution in [2.24, 2.45) is 4.99 Å². The minimum atomic E-state index is -0.325. The van der Waals surface area contributed by atoms with Crippen molar-refractivity contribution in [3.63, 3.8) is 0 Å². The van der Waals surface area contributed by atoms with Crippen molar-refractivity contribution in [2.45, 2.75) is 44.9 Å². The van der Waals surface area contributed by atoms with Gasteiger partial charge in [0.2, 0.25) is 0 Å². The van der Waals surface area contributed by atoms with E-state index in [1.54, 1.807) is 0 Å². The molecule has 4 heterocycles. The van der Waals surface area contributed by atoms with E-state index in [0.29, 0.717) is 23.1 Å². The Morgan fingerprint density at radius 1 is 1.26 bits per heavy atom. The summed E-state index contributed by atoms with van der Waals surface area (Å²) in [5.41, 5.74) is 4.90. The number of anilines is 1. The molecule has 1 atom stereocenters. The Morgan fingerprint density at radius 2 is 2.10 bits per heavy atom. The van der Waals surface area contributed by atoms with E-state index in [-0.39, 0.29) is 11.0 Å². The van der Waals surface area contributed by atoms with Crippen LogP contribution in [0.5, 0.6) is 0 Å². The van der Waals surface area contributed by atoms with Crippen molar-refractivity contribution >= 4 is 33.5 Å². The molecule has 0 amide bonds. The van der Waals surface area contributed by atoms with E-state index in [4.69, 9.17) is 4.42 Å². The standard InChI is InChI=1S/C26H28N2O2S/c1-16-9-12-28-13-10-26(3,4)20-15-18-14-19(25(29)30-23(18)21(16)22(20)28)24-27-11-7-5-6-8-17(2)31-24/h5-8,14-16H,2,9-13H2,1,3-4H3/b7-5-,8-6-,27-24-. The second kappa shape index (κ2) is 7.56. The molecule has 0 saturated carbocycles. The fourth-order valence-corrected chi connectivity index (χ4v) is 5.68. The summed E-state index contributed by atoms with van der Waals surface area (Å²) in [6.07, 6.45) is 10.0. The normalized spacial score (nSPS) is 26.3. The number of thioether (sulfide) groups is 1. The van der Waals surface area contributed by atoms with Gasteiger partial charge in [0.15, 0.2) is 0 Å². The number of aliphatic imine (C=N–C) groups is 1. The van der Waals surface area contributed by atoms with Gasteiger partial charge in [-0.25, -0.2) is 4.79 Å². The molecule has 0 radical (unpaired) electrons. The van der Waals surface area contributed by atoms with Crippen LogP contribution in [-0.4, -0.2) is 24.7 Å². The molecule has 5 rings (SSSR count). The largest absolute Gasteiger partial charge is 0.422 e. The highest BCUT2D eigenvalue weighted by Gasteiger charge is 2.38. The van der Waals surface area contributed by atoms with Crippen molar-refractivity contribution in [1.82, 2.24) is 0 Å². The Morgan fingerprint density at radius 3 is 2.94 bits per heavy atom. The van der Waals surface area contributed by atoms with E-state index in [1.165, 1.54) is 28.6 Å². The maximum absolute atomic E-state index is 13.2. The number of rotatable bonds is 1. The molecule has 1 unspecified atom stereocenters. The molecule has 0 aliphatic carbocycles. The van der Waals surface area contributed by atoms with E-state index in [1.807, 2.05) is 30.4 Å². The maximum atomic E-state index is 13.2. The highest BCUT2D eigenvalue weighted by Crippen LogP contribution is 2.49. The Bertz CT molecular complexity index is 1230. The molecular weight excluding hydrogens is 404 g/mol. The average molecular weight is 433 g/mol. The van der Waals surface area contributed by atoms with E-state index >= 15 is 0 Å². The number of hydrogen-bond donors (Lipinski definition) is 0. The number of fused-ring (bicyclic) bond motifs is 2. The summed E-state index contributed by atoms with van der Waals surface area (Å²) < 4.78 is 6.05. The van der Waals surface area contributed by atoms with Gasteiger partial charge in [-0.2, -0.15) is 0 Å². The summed E-state index contributed by atoms with van der Waals surface area (Å²) in [7, 11) is 0. The molecule has 0 saturated heterocycles. The lowest BCUT2D eigenvalue weighted by Gasteiger charge is -2.45. The molecule has 0 bridgehead atoms. The van der Waals surface area contributed by atoms with Crippen LogP contribution < -0.4 is 10.5 Å². The Kier molecular flexibility index (Phi) is 4.97. The minimum Gasteiger partial charge on any atom is -0.422 e. The molecule has 1 aromatic carbocycles. The van der Waals surface area contributed by atoms with Gasteiger partial charge in [-0.1, -0.05) is 57.3 Å². The molecule has 3 aliphatic rings. The van der Waals surface area contributed by atoms with Gasteiger partial charge in [-0.05, 0) is 47.9 Å². The lowest BCUT2D eigenvalue weighted by Crippen LogP contribution is -2.41. The zero-order valence-corrected chi connectivity index (χ0v) is 19.2. The van der Waals surface area contributed by atoms with Gasteiger partial charge in [0.05, 0.1) is 12.1 Å². The summed E-state index contributed by atoms with van der Waals surface area (Å²) in [6.45, 7) is 13.6. The van der Waals surface area contributed by atoms with E-state index < -0.39 is 0 Å². The monoisotopic (exact) mass is 432 g/mol. The lowest BCUT2D eigenvalue weighted by atomic mass is 9.73. The molecule has 5 heteroatoms. The van der Waals surface area contributed by atoms with Gasteiger partial charge in [-0.3, -0.25) is 4.99 Å². The van der Waals surface area contributed by atoms with Crippen LogP contribution in [0.3, 0.4) is 0 Å². The number of benzene rings is 1. The first-order valence-corrected chi connectivity index (χ1v) is 11.8. The lowest BCUT2D eigenvalue weighted by molar-refractivity contribution is 0.437. The molecular formula is C26H28N2O2S. The predicted octanol–water partition coefficient (Wildman–Crippen LogP) is 5.91. The molecule has 3 aliphatic heterocycles. The third kappa shape index (κ3) is 3.49. The molecule has 2 aromatic rings. The zero-order chi connectivity index (χ0) is 21.8. The van der Waals surface area contributed by atoms with Crippen LogP contribution in [0.2, 0.25) is 0 Å². The van der Waals surface area contributed by atoms with E-state index in [9.17, 15) is 4.79 Å². The molecule has 0 fully saturated rings. The van der Waals surface area contributed by atoms with Crippen LogP contribution in [0.15, 0.2) is 62.1 Å². The third-order valence-corrected chi connectivity index (χ3v) is 7.68. The molecule has 0 spiro atoms. The third-order valence-electron chi connectivity index (χ3n) is 6.74. The van der Waals surface area contributed by atoms with Gasteiger partial charge in [0.25, 0.3) is 0 Å². The fraction of sp³-hybridized carbons (Fsp3) is 0.385. The van der Waals surface area contributed by atoms with Crippen molar-refractivity contribution in [2.75, 3.05) is 24.5 Å². The van der Waals surface area contributed by atoms with Crippen LogP contribution >= 0.6 is 11.8 Å². The van der Waals surface area contributed by atoms with Crippen molar-refractivity contribution in [3.8, 4) is 0 Å². The molecule has 31 heavy (non-hydrogen) atoms. The SMILES string of the molecule is C=C1/C=C\C=C/C/N=C(/c2cc3cc4c5c(c3oc2=O)C(C)CCN5CCC4(C)C)S1. The maximum Gasteiger partial charge on any atom is 0.346 e. The summed E-state index contributed by atoms with van der Waals surface area (Å²) in [5, 5.41) is 1.66. The topological polar surface area (TPSA) is 45.8 Å². The quantitative estimate of drug-likeness (QED) is 0.526.